The van der Waals surface area contributed by atoms with Crippen molar-refractivity contribution in [3.05, 3.63) is 0 Å². The second-order valence-electron chi connectivity index (χ2n) is 4.21. The third-order valence-corrected chi connectivity index (χ3v) is 3.56. The van der Waals surface area contributed by atoms with E-state index in [0.29, 0.717) is 30.3 Å². The molecule has 0 amide bonds. The fourth-order valence-corrected chi connectivity index (χ4v) is 2.72. The van der Waals surface area contributed by atoms with Crippen LogP contribution in [0.5, 0.6) is 5.75 Å². The van der Waals surface area contributed by atoms with Crippen LogP contribution in [0, 0.1) is 0 Å². The van der Waals surface area contributed by atoms with Crippen LogP contribution in [-0.2, 0) is 4.74 Å². The smallest absolute Gasteiger partial charge is 0.197 e. The highest BCUT2D eigenvalue weighted by Gasteiger charge is 2.22. The van der Waals surface area contributed by atoms with Gasteiger partial charge in [-0.05, 0) is 38.2 Å². The lowest BCUT2D eigenvalue weighted by Gasteiger charge is -2.28. The maximum absolute atomic E-state index is 5.77. The van der Waals surface area contributed by atoms with Gasteiger partial charge < -0.3 is 20.5 Å². The van der Waals surface area contributed by atoms with Gasteiger partial charge in [0.25, 0.3) is 0 Å². The van der Waals surface area contributed by atoms with Crippen molar-refractivity contribution < 1.29 is 9.47 Å². The number of nitrogens with one attached hydrogen (secondary N) is 1. The third-order valence-electron chi connectivity index (χ3n) is 2.78. The molecule has 1 aromatic rings. The van der Waals surface area contributed by atoms with E-state index in [4.69, 9.17) is 15.2 Å². The molecule has 3 N–H and O–H groups in total. The highest BCUT2D eigenvalue weighted by atomic mass is 32.1. The summed E-state index contributed by atoms with van der Waals surface area (Å²) >= 11 is 1.36. The molecule has 1 aliphatic rings. The highest BCUT2D eigenvalue weighted by molar-refractivity contribution is 7.11. The minimum Gasteiger partial charge on any atom is -0.487 e. The number of nitrogens with zero attached hydrogens (tertiary/aromatic N) is 1. The third kappa shape index (κ3) is 3.01. The Labute approximate surface area is 105 Å². The minimum atomic E-state index is 0.307. The Hall–Kier alpha value is -1.01. The molecule has 0 aromatic carbocycles. The molecule has 6 heteroatoms. The van der Waals surface area contributed by atoms with Gasteiger partial charge in [0.05, 0.1) is 12.7 Å². The van der Waals surface area contributed by atoms with Crippen LogP contribution in [0.3, 0.4) is 0 Å². The average Bonchev–Trinajstić information content (AvgIpc) is 2.62. The quantitative estimate of drug-likeness (QED) is 0.864. The van der Waals surface area contributed by atoms with E-state index in [1.165, 1.54) is 11.5 Å². The van der Waals surface area contributed by atoms with Gasteiger partial charge >= 0.3 is 0 Å². The zero-order valence-electron chi connectivity index (χ0n) is 10.2. The molecular formula is C11H19N3O2S. The largest absolute Gasteiger partial charge is 0.487 e. The number of hydrogen-bond donors (Lipinski definition) is 2. The molecule has 1 aliphatic heterocycles. The molecule has 0 bridgehead atoms. The number of hydrogen-bond acceptors (Lipinski definition) is 6. The van der Waals surface area contributed by atoms with Crippen molar-refractivity contribution in [1.82, 2.24) is 4.37 Å². The van der Waals surface area contributed by atoms with Gasteiger partial charge in [-0.15, -0.1) is 0 Å². The number of anilines is 2. The maximum Gasteiger partial charge on any atom is 0.197 e. The van der Waals surface area contributed by atoms with E-state index < -0.39 is 0 Å². The van der Waals surface area contributed by atoms with Gasteiger partial charge in [0.2, 0.25) is 0 Å². The summed E-state index contributed by atoms with van der Waals surface area (Å²) in [6, 6.07) is 0.415. The Morgan fingerprint density at radius 2 is 2.47 bits per heavy atom. The normalized spacial score (nSPS) is 24.6. The lowest BCUT2D eigenvalue weighted by atomic mass is 10.0. The van der Waals surface area contributed by atoms with Crippen molar-refractivity contribution in [2.45, 2.75) is 38.8 Å². The summed E-state index contributed by atoms with van der Waals surface area (Å²) in [6.45, 7) is 5.44. The lowest BCUT2D eigenvalue weighted by molar-refractivity contribution is 0.0232. The Kier molecular flexibility index (Phi) is 4.06. The van der Waals surface area contributed by atoms with Gasteiger partial charge in [0, 0.05) is 12.6 Å². The van der Waals surface area contributed by atoms with Crippen LogP contribution in [0.2, 0.25) is 0 Å². The van der Waals surface area contributed by atoms with Gasteiger partial charge in [0.1, 0.15) is 0 Å². The molecule has 1 saturated heterocycles. The van der Waals surface area contributed by atoms with Crippen LogP contribution < -0.4 is 15.8 Å². The van der Waals surface area contributed by atoms with E-state index in [0.717, 1.165) is 24.4 Å². The molecule has 2 atom stereocenters. The predicted octanol–water partition coefficient (Wildman–Crippen LogP) is 2.10. The van der Waals surface area contributed by atoms with Crippen LogP contribution >= 0.6 is 11.5 Å². The number of rotatable bonds is 4. The summed E-state index contributed by atoms with van der Waals surface area (Å²) in [7, 11) is 0. The lowest BCUT2D eigenvalue weighted by Crippen LogP contribution is -2.32. The summed E-state index contributed by atoms with van der Waals surface area (Å²) in [4.78, 5) is 0. The minimum absolute atomic E-state index is 0.307. The van der Waals surface area contributed by atoms with E-state index in [1.807, 2.05) is 6.92 Å². The molecule has 17 heavy (non-hydrogen) atoms. The summed E-state index contributed by atoms with van der Waals surface area (Å²) in [5.74, 6) is 1.16. The Bertz CT molecular complexity index is 370. The van der Waals surface area contributed by atoms with Crippen LogP contribution in [0.25, 0.3) is 0 Å². The number of aromatic nitrogens is 1. The molecule has 0 radical (unpaired) electrons. The first kappa shape index (κ1) is 12.4. The fraction of sp³-hybridized carbons (Fsp3) is 0.727. The standard InChI is InChI=1S/C11H19N3O2S/c1-3-15-9-10(12)14-17-11(9)13-8-4-5-16-7(2)6-8/h7-8,13H,3-6H2,1-2H3,(H2,12,14). The van der Waals surface area contributed by atoms with Crippen LogP contribution in [0.4, 0.5) is 10.8 Å². The summed E-state index contributed by atoms with van der Waals surface area (Å²) in [6.07, 6.45) is 2.32. The summed E-state index contributed by atoms with van der Waals surface area (Å²) < 4.78 is 15.1. The van der Waals surface area contributed by atoms with Crippen LogP contribution in [-0.4, -0.2) is 29.7 Å². The van der Waals surface area contributed by atoms with Crippen LogP contribution in [0.15, 0.2) is 0 Å². The molecule has 2 rings (SSSR count). The van der Waals surface area contributed by atoms with Crippen molar-refractivity contribution >= 4 is 22.4 Å². The van der Waals surface area contributed by atoms with Gasteiger partial charge in [-0.2, -0.15) is 4.37 Å². The number of nitrogen functional groups attached to an aromatic ring is 1. The fourth-order valence-electron chi connectivity index (χ4n) is 1.98. The molecule has 1 fully saturated rings. The summed E-state index contributed by atoms with van der Waals surface area (Å²) in [5.41, 5.74) is 5.77. The zero-order chi connectivity index (χ0) is 12.3. The van der Waals surface area contributed by atoms with Gasteiger partial charge in [-0.1, -0.05) is 0 Å². The molecule has 1 aromatic heterocycles. The molecule has 0 aliphatic carbocycles. The highest BCUT2D eigenvalue weighted by Crippen LogP contribution is 2.36. The van der Waals surface area contributed by atoms with Crippen molar-refractivity contribution in [2.75, 3.05) is 24.3 Å². The summed E-state index contributed by atoms with van der Waals surface area (Å²) in [5, 5.41) is 4.39. The van der Waals surface area contributed by atoms with Gasteiger partial charge in [0.15, 0.2) is 16.6 Å². The molecule has 0 spiro atoms. The van der Waals surface area contributed by atoms with Crippen LogP contribution in [0.1, 0.15) is 26.7 Å². The SMILES string of the molecule is CCOc1c(N)nsc1NC1CCOC(C)C1. The first-order valence-corrected chi connectivity index (χ1v) is 6.74. The Morgan fingerprint density at radius 3 is 3.18 bits per heavy atom. The van der Waals surface area contributed by atoms with E-state index in [1.54, 1.807) is 0 Å². The monoisotopic (exact) mass is 257 g/mol. The first-order valence-electron chi connectivity index (χ1n) is 5.96. The molecule has 5 nitrogen and oxygen atoms in total. The predicted molar refractivity (Wildman–Crippen MR) is 69.8 cm³/mol. The topological polar surface area (TPSA) is 69.4 Å². The zero-order valence-corrected chi connectivity index (χ0v) is 11.0. The van der Waals surface area contributed by atoms with E-state index in [-0.39, 0.29) is 0 Å². The van der Waals surface area contributed by atoms with Crippen molar-refractivity contribution in [3.63, 3.8) is 0 Å². The molecule has 2 heterocycles. The van der Waals surface area contributed by atoms with Gasteiger partial charge in [-0.25, -0.2) is 0 Å². The van der Waals surface area contributed by atoms with Crippen molar-refractivity contribution in [2.24, 2.45) is 0 Å². The Balaban J connectivity index is 2.02. The Morgan fingerprint density at radius 1 is 1.65 bits per heavy atom. The van der Waals surface area contributed by atoms with E-state index >= 15 is 0 Å². The molecule has 96 valence electrons. The first-order chi connectivity index (χ1) is 8.20. The molecule has 0 saturated carbocycles. The average molecular weight is 257 g/mol. The van der Waals surface area contributed by atoms with E-state index in [2.05, 4.69) is 16.6 Å². The van der Waals surface area contributed by atoms with Crippen molar-refractivity contribution in [1.29, 1.82) is 0 Å². The number of nitrogens with two attached hydrogens (primary N) is 1. The van der Waals surface area contributed by atoms with Crippen molar-refractivity contribution in [3.8, 4) is 5.75 Å². The second-order valence-corrected chi connectivity index (χ2v) is 4.98. The van der Waals surface area contributed by atoms with Gasteiger partial charge in [-0.3, -0.25) is 0 Å². The maximum atomic E-state index is 5.77. The molecular weight excluding hydrogens is 238 g/mol. The second kappa shape index (κ2) is 5.55. The van der Waals surface area contributed by atoms with E-state index in [9.17, 15) is 0 Å². The molecule has 2 unspecified atom stereocenters. The number of ether oxygens (including phenoxy) is 2.